The van der Waals surface area contributed by atoms with Crippen molar-refractivity contribution in [1.82, 2.24) is 0 Å². The highest BCUT2D eigenvalue weighted by atomic mass is 14.6. The standard InChI is InChI=1S/C26H46.C6H12/c1-4-6-11-21-18(3)17-20-10-9-14-23(20)26(21)25-16-15-19(5-2)22-12-7-8-13-24(22)25;1-6-4-2-3-5-6/h18-26H,4-17H2,1-3H3;6H,2-5H2,1H3. The Hall–Kier alpha value is 0. The Morgan fingerprint density at radius 2 is 1.31 bits per heavy atom. The van der Waals surface area contributed by atoms with Crippen LogP contribution < -0.4 is 0 Å². The molecule has 186 valence electrons. The van der Waals surface area contributed by atoms with Gasteiger partial charge in [-0.25, -0.2) is 0 Å². The largest absolute Gasteiger partial charge is 0.0654 e. The number of fused-ring (bicyclic) bond motifs is 2. The van der Waals surface area contributed by atoms with Gasteiger partial charge in [-0.2, -0.15) is 0 Å². The van der Waals surface area contributed by atoms with Crippen LogP contribution in [0.2, 0.25) is 0 Å². The van der Waals surface area contributed by atoms with Crippen molar-refractivity contribution in [3.63, 3.8) is 0 Å². The van der Waals surface area contributed by atoms with E-state index in [2.05, 4.69) is 27.7 Å². The average Bonchev–Trinajstić information content (AvgIpc) is 3.48. The summed E-state index contributed by atoms with van der Waals surface area (Å²) in [6, 6.07) is 0. The summed E-state index contributed by atoms with van der Waals surface area (Å²) in [5, 5.41) is 0. The molecule has 0 N–H and O–H groups in total. The molecule has 0 heterocycles. The maximum Gasteiger partial charge on any atom is -0.0321 e. The molecule has 5 saturated carbocycles. The van der Waals surface area contributed by atoms with E-state index in [-0.39, 0.29) is 0 Å². The smallest absolute Gasteiger partial charge is 0.0321 e. The molecular formula is C32H58. The fourth-order valence-electron chi connectivity index (χ4n) is 10.0. The van der Waals surface area contributed by atoms with Crippen LogP contribution in [-0.2, 0) is 0 Å². The van der Waals surface area contributed by atoms with E-state index in [0.717, 1.165) is 59.2 Å². The predicted octanol–water partition coefficient (Wildman–Crippen LogP) is 10.3. The van der Waals surface area contributed by atoms with Crippen LogP contribution in [0.4, 0.5) is 0 Å². The molecule has 0 heteroatoms. The lowest BCUT2D eigenvalue weighted by Gasteiger charge is -2.55. The van der Waals surface area contributed by atoms with Crippen molar-refractivity contribution >= 4 is 0 Å². The minimum Gasteiger partial charge on any atom is -0.0654 e. The Balaban J connectivity index is 0.000000354. The number of rotatable bonds is 5. The molecule has 5 aliphatic rings. The monoisotopic (exact) mass is 442 g/mol. The molecule has 0 spiro atoms. The Morgan fingerprint density at radius 3 is 1.97 bits per heavy atom. The van der Waals surface area contributed by atoms with Crippen molar-refractivity contribution < 1.29 is 0 Å². The first-order chi connectivity index (χ1) is 15.6. The highest BCUT2D eigenvalue weighted by Gasteiger charge is 2.51. The summed E-state index contributed by atoms with van der Waals surface area (Å²) >= 11 is 0. The fraction of sp³-hybridized carbons (Fsp3) is 1.00. The second kappa shape index (κ2) is 12.1. The van der Waals surface area contributed by atoms with Crippen LogP contribution in [0.5, 0.6) is 0 Å². The predicted molar refractivity (Wildman–Crippen MR) is 141 cm³/mol. The van der Waals surface area contributed by atoms with Crippen molar-refractivity contribution in [2.45, 2.75) is 143 Å². The van der Waals surface area contributed by atoms with E-state index in [0.29, 0.717) is 0 Å². The molecule has 0 saturated heterocycles. The van der Waals surface area contributed by atoms with Gasteiger partial charge in [-0.05, 0) is 104 Å². The van der Waals surface area contributed by atoms with E-state index in [1.165, 1.54) is 51.4 Å². The first-order valence-corrected chi connectivity index (χ1v) is 15.6. The van der Waals surface area contributed by atoms with Gasteiger partial charge in [-0.15, -0.1) is 0 Å². The zero-order chi connectivity index (χ0) is 22.5. The highest BCUT2D eigenvalue weighted by molar-refractivity contribution is 5.01. The normalized spacial score (nSPS) is 44.4. The van der Waals surface area contributed by atoms with Gasteiger partial charge in [0.15, 0.2) is 0 Å². The Morgan fingerprint density at radius 1 is 0.625 bits per heavy atom. The van der Waals surface area contributed by atoms with Gasteiger partial charge in [0, 0.05) is 0 Å². The van der Waals surface area contributed by atoms with E-state index in [1.807, 2.05) is 0 Å². The van der Waals surface area contributed by atoms with Crippen LogP contribution >= 0.6 is 0 Å². The molecule has 0 aromatic rings. The molecule has 5 fully saturated rings. The lowest BCUT2D eigenvalue weighted by atomic mass is 9.50. The van der Waals surface area contributed by atoms with E-state index in [1.54, 1.807) is 64.2 Å². The van der Waals surface area contributed by atoms with Gasteiger partial charge in [-0.3, -0.25) is 0 Å². The first kappa shape index (κ1) is 25.1. The molecule has 5 aliphatic carbocycles. The lowest BCUT2D eigenvalue weighted by molar-refractivity contribution is -0.0595. The van der Waals surface area contributed by atoms with Crippen molar-refractivity contribution in [3.05, 3.63) is 0 Å². The molecule has 0 aliphatic heterocycles. The Bertz CT molecular complexity index is 530. The number of unbranched alkanes of at least 4 members (excludes halogenated alkanes) is 1. The molecule has 0 bridgehead atoms. The molecular weight excluding hydrogens is 384 g/mol. The third-order valence-electron chi connectivity index (χ3n) is 11.6. The summed E-state index contributed by atoms with van der Waals surface area (Å²) < 4.78 is 0. The van der Waals surface area contributed by atoms with Crippen LogP contribution in [0.25, 0.3) is 0 Å². The van der Waals surface area contributed by atoms with Crippen molar-refractivity contribution in [1.29, 1.82) is 0 Å². The van der Waals surface area contributed by atoms with Gasteiger partial charge in [0.25, 0.3) is 0 Å². The molecule has 9 unspecified atom stereocenters. The zero-order valence-electron chi connectivity index (χ0n) is 22.5. The zero-order valence-corrected chi connectivity index (χ0v) is 22.5. The summed E-state index contributed by atoms with van der Waals surface area (Å²) in [6.45, 7) is 9.88. The van der Waals surface area contributed by atoms with Gasteiger partial charge >= 0.3 is 0 Å². The summed E-state index contributed by atoms with van der Waals surface area (Å²) in [5.74, 6) is 10.9. The Labute approximate surface area is 202 Å². The van der Waals surface area contributed by atoms with Gasteiger partial charge < -0.3 is 0 Å². The Kier molecular flexibility index (Phi) is 9.50. The minimum atomic E-state index is 1.01. The quantitative estimate of drug-likeness (QED) is 0.397. The molecule has 32 heavy (non-hydrogen) atoms. The minimum absolute atomic E-state index is 1.01. The summed E-state index contributed by atoms with van der Waals surface area (Å²) in [5.41, 5.74) is 0. The molecule has 0 aromatic carbocycles. The second-order valence-electron chi connectivity index (χ2n) is 13.4. The van der Waals surface area contributed by atoms with E-state index in [9.17, 15) is 0 Å². The molecule has 9 atom stereocenters. The van der Waals surface area contributed by atoms with Crippen molar-refractivity contribution in [2.75, 3.05) is 0 Å². The van der Waals surface area contributed by atoms with Crippen molar-refractivity contribution in [2.24, 2.45) is 59.2 Å². The fourth-order valence-corrected chi connectivity index (χ4v) is 10.0. The average molecular weight is 443 g/mol. The summed E-state index contributed by atoms with van der Waals surface area (Å²) in [6.07, 6.45) is 27.6. The van der Waals surface area contributed by atoms with E-state index >= 15 is 0 Å². The van der Waals surface area contributed by atoms with Crippen LogP contribution in [0.3, 0.4) is 0 Å². The van der Waals surface area contributed by atoms with Crippen LogP contribution in [0.15, 0.2) is 0 Å². The van der Waals surface area contributed by atoms with E-state index < -0.39 is 0 Å². The van der Waals surface area contributed by atoms with Gasteiger partial charge in [0.05, 0.1) is 0 Å². The SMILES string of the molecule is CC1CCCC1.CCCCC1C(C)CC2CCCC2C1C1CCC(CC)C2CCCCC21. The molecule has 0 radical (unpaired) electrons. The second-order valence-corrected chi connectivity index (χ2v) is 13.4. The number of hydrogen-bond acceptors (Lipinski definition) is 0. The maximum absolute atomic E-state index is 2.65. The van der Waals surface area contributed by atoms with Gasteiger partial charge in [0.1, 0.15) is 0 Å². The first-order valence-electron chi connectivity index (χ1n) is 15.6. The maximum atomic E-state index is 2.65. The molecule has 5 rings (SSSR count). The third kappa shape index (κ3) is 5.62. The van der Waals surface area contributed by atoms with Gasteiger partial charge in [0.2, 0.25) is 0 Å². The third-order valence-corrected chi connectivity index (χ3v) is 11.6. The highest BCUT2D eigenvalue weighted by Crippen LogP contribution is 2.60. The van der Waals surface area contributed by atoms with Crippen LogP contribution in [0.1, 0.15) is 143 Å². The molecule has 0 aromatic heterocycles. The van der Waals surface area contributed by atoms with Crippen molar-refractivity contribution in [3.8, 4) is 0 Å². The van der Waals surface area contributed by atoms with Crippen LogP contribution in [-0.4, -0.2) is 0 Å². The van der Waals surface area contributed by atoms with Gasteiger partial charge in [-0.1, -0.05) is 98.3 Å². The topological polar surface area (TPSA) is 0 Å². The van der Waals surface area contributed by atoms with E-state index in [4.69, 9.17) is 0 Å². The molecule has 0 nitrogen and oxygen atoms in total. The summed E-state index contributed by atoms with van der Waals surface area (Å²) in [7, 11) is 0. The molecule has 0 amide bonds. The number of hydrogen-bond donors (Lipinski definition) is 0. The summed E-state index contributed by atoms with van der Waals surface area (Å²) in [4.78, 5) is 0. The lowest BCUT2D eigenvalue weighted by Crippen LogP contribution is -2.48. The van der Waals surface area contributed by atoms with Crippen LogP contribution in [0, 0.1) is 59.2 Å².